The Hall–Kier alpha value is -2.40. The molecule has 112 valence electrons. The van der Waals surface area contributed by atoms with Crippen LogP contribution in [0.5, 0.6) is 0 Å². The lowest BCUT2D eigenvalue weighted by molar-refractivity contribution is 0.600. The smallest absolute Gasteiger partial charge is 0.262 e. The number of para-hydroxylation sites is 1. The van der Waals surface area contributed by atoms with Gasteiger partial charge < -0.3 is 0 Å². The van der Waals surface area contributed by atoms with Crippen LogP contribution in [0, 0.1) is 13.8 Å². The highest BCUT2D eigenvalue weighted by Crippen LogP contribution is 2.25. The first-order valence-corrected chi connectivity index (χ1v) is 8.39. The first-order chi connectivity index (χ1) is 10.5. The molecule has 0 aliphatic rings. The molecule has 0 saturated heterocycles. The van der Waals surface area contributed by atoms with E-state index >= 15 is 0 Å². The Labute approximate surface area is 129 Å². The fourth-order valence-electron chi connectivity index (χ4n) is 2.38. The van der Waals surface area contributed by atoms with Crippen molar-refractivity contribution in [2.24, 2.45) is 0 Å². The minimum atomic E-state index is -3.65. The van der Waals surface area contributed by atoms with Crippen LogP contribution in [0.15, 0.2) is 59.6 Å². The molecule has 0 unspecified atom stereocenters. The topological polar surface area (TPSA) is 59.1 Å². The van der Waals surface area contributed by atoms with Crippen LogP contribution < -0.4 is 4.72 Å². The number of nitrogens with one attached hydrogen (secondary N) is 1. The van der Waals surface area contributed by atoms with Crippen molar-refractivity contribution in [3.8, 4) is 0 Å². The van der Waals surface area contributed by atoms with Gasteiger partial charge in [-0.25, -0.2) is 8.42 Å². The molecule has 0 spiro atoms. The van der Waals surface area contributed by atoms with Gasteiger partial charge in [0.05, 0.1) is 16.1 Å². The van der Waals surface area contributed by atoms with E-state index in [4.69, 9.17) is 0 Å². The van der Waals surface area contributed by atoms with E-state index in [9.17, 15) is 8.42 Å². The third kappa shape index (κ3) is 2.67. The maximum absolute atomic E-state index is 12.7. The third-order valence-electron chi connectivity index (χ3n) is 3.51. The van der Waals surface area contributed by atoms with Crippen molar-refractivity contribution in [3.05, 3.63) is 65.9 Å². The largest absolute Gasteiger partial charge is 0.277 e. The standard InChI is InChI=1S/C17H16N2O2S/c1-12-8-9-13(2)16(11-12)22(20,21)19-15-7-3-5-14-6-4-10-18-17(14)15/h3-11,19H,1-2H3. The van der Waals surface area contributed by atoms with Gasteiger partial charge in [-0.05, 0) is 43.2 Å². The maximum Gasteiger partial charge on any atom is 0.262 e. The Morgan fingerprint density at radius 1 is 1.00 bits per heavy atom. The number of hydrogen-bond acceptors (Lipinski definition) is 3. The normalized spacial score (nSPS) is 11.5. The highest BCUT2D eigenvalue weighted by molar-refractivity contribution is 7.92. The number of aryl methyl sites for hydroxylation is 2. The van der Waals surface area contributed by atoms with E-state index in [1.54, 1.807) is 25.3 Å². The Kier molecular flexibility index (Phi) is 3.58. The van der Waals surface area contributed by atoms with Gasteiger partial charge in [-0.1, -0.05) is 30.3 Å². The lowest BCUT2D eigenvalue weighted by Crippen LogP contribution is -2.15. The van der Waals surface area contributed by atoms with Gasteiger partial charge >= 0.3 is 0 Å². The Bertz CT molecular complexity index is 945. The van der Waals surface area contributed by atoms with Crippen LogP contribution in [0.2, 0.25) is 0 Å². The number of nitrogens with zero attached hydrogens (tertiary/aromatic N) is 1. The van der Waals surface area contributed by atoms with Crippen molar-refractivity contribution < 1.29 is 8.42 Å². The molecule has 3 rings (SSSR count). The number of anilines is 1. The molecule has 0 aliphatic heterocycles. The number of pyridine rings is 1. The summed E-state index contributed by atoms with van der Waals surface area (Å²) in [5.74, 6) is 0. The molecule has 1 heterocycles. The van der Waals surface area contributed by atoms with E-state index in [1.165, 1.54) is 0 Å². The second-order valence-corrected chi connectivity index (χ2v) is 6.91. The number of fused-ring (bicyclic) bond motifs is 1. The second kappa shape index (κ2) is 5.42. The van der Waals surface area contributed by atoms with Crippen molar-refractivity contribution in [2.75, 3.05) is 4.72 Å². The molecule has 0 saturated carbocycles. The van der Waals surface area contributed by atoms with Gasteiger partial charge in [-0.15, -0.1) is 0 Å². The Balaban J connectivity index is 2.09. The summed E-state index contributed by atoms with van der Waals surface area (Å²) in [6, 6.07) is 14.5. The molecule has 1 aromatic heterocycles. The molecule has 0 atom stereocenters. The number of rotatable bonds is 3. The Morgan fingerprint density at radius 3 is 2.59 bits per heavy atom. The van der Waals surface area contributed by atoms with Crippen LogP contribution >= 0.6 is 0 Å². The molecule has 1 N–H and O–H groups in total. The Morgan fingerprint density at radius 2 is 1.77 bits per heavy atom. The summed E-state index contributed by atoms with van der Waals surface area (Å²) in [5.41, 5.74) is 2.74. The predicted octanol–water partition coefficient (Wildman–Crippen LogP) is 3.65. The van der Waals surface area contributed by atoms with Crippen molar-refractivity contribution >= 4 is 26.6 Å². The van der Waals surface area contributed by atoms with Gasteiger partial charge in [0, 0.05) is 11.6 Å². The van der Waals surface area contributed by atoms with Crippen molar-refractivity contribution in [2.45, 2.75) is 18.7 Å². The van der Waals surface area contributed by atoms with Crippen molar-refractivity contribution in [1.82, 2.24) is 4.98 Å². The lowest BCUT2D eigenvalue weighted by atomic mass is 10.2. The van der Waals surface area contributed by atoms with Gasteiger partial charge in [0.15, 0.2) is 0 Å². The van der Waals surface area contributed by atoms with E-state index < -0.39 is 10.0 Å². The molecule has 4 nitrogen and oxygen atoms in total. The predicted molar refractivity (Wildman–Crippen MR) is 88.5 cm³/mol. The zero-order valence-electron chi connectivity index (χ0n) is 12.4. The summed E-state index contributed by atoms with van der Waals surface area (Å²) in [5, 5.41) is 0.892. The molecular formula is C17H16N2O2S. The van der Waals surface area contributed by atoms with Gasteiger partial charge in [0.1, 0.15) is 0 Å². The van der Waals surface area contributed by atoms with Crippen LogP contribution in [0.25, 0.3) is 10.9 Å². The fraction of sp³-hybridized carbons (Fsp3) is 0.118. The third-order valence-corrected chi connectivity index (χ3v) is 5.02. The average Bonchev–Trinajstić information content (AvgIpc) is 2.50. The van der Waals surface area contributed by atoms with Gasteiger partial charge in [-0.3, -0.25) is 9.71 Å². The summed E-state index contributed by atoms with van der Waals surface area (Å²) in [6.45, 7) is 3.66. The molecule has 5 heteroatoms. The van der Waals surface area contributed by atoms with Crippen LogP contribution in [0.4, 0.5) is 5.69 Å². The molecule has 0 aliphatic carbocycles. The summed E-state index contributed by atoms with van der Waals surface area (Å²) >= 11 is 0. The monoisotopic (exact) mass is 312 g/mol. The second-order valence-electron chi connectivity index (χ2n) is 5.26. The average molecular weight is 312 g/mol. The first-order valence-electron chi connectivity index (χ1n) is 6.91. The zero-order valence-corrected chi connectivity index (χ0v) is 13.2. The number of sulfonamides is 1. The SMILES string of the molecule is Cc1ccc(C)c(S(=O)(=O)Nc2cccc3cccnc23)c1. The molecule has 0 bridgehead atoms. The molecule has 0 amide bonds. The van der Waals surface area contributed by atoms with Crippen molar-refractivity contribution in [3.63, 3.8) is 0 Å². The van der Waals surface area contributed by atoms with Crippen LogP contribution in [-0.2, 0) is 10.0 Å². The van der Waals surface area contributed by atoms with E-state index in [2.05, 4.69) is 9.71 Å². The highest BCUT2D eigenvalue weighted by atomic mass is 32.2. The number of benzene rings is 2. The minimum Gasteiger partial charge on any atom is -0.277 e. The van der Waals surface area contributed by atoms with Crippen LogP contribution in [-0.4, -0.2) is 13.4 Å². The molecule has 22 heavy (non-hydrogen) atoms. The molecule has 3 aromatic rings. The van der Waals surface area contributed by atoms with Crippen LogP contribution in [0.3, 0.4) is 0 Å². The maximum atomic E-state index is 12.7. The van der Waals surface area contributed by atoms with E-state index in [0.29, 0.717) is 21.7 Å². The first kappa shape index (κ1) is 14.5. The molecule has 2 aromatic carbocycles. The van der Waals surface area contributed by atoms with Gasteiger partial charge in [0.2, 0.25) is 0 Å². The fourth-order valence-corrected chi connectivity index (χ4v) is 3.78. The summed E-state index contributed by atoms with van der Waals surface area (Å²) in [6.07, 6.45) is 1.65. The van der Waals surface area contributed by atoms with Crippen LogP contribution in [0.1, 0.15) is 11.1 Å². The molecule has 0 radical (unpaired) electrons. The quantitative estimate of drug-likeness (QED) is 0.803. The van der Waals surface area contributed by atoms with E-state index in [0.717, 1.165) is 10.9 Å². The van der Waals surface area contributed by atoms with Crippen molar-refractivity contribution in [1.29, 1.82) is 0 Å². The van der Waals surface area contributed by atoms with Gasteiger partial charge in [0.25, 0.3) is 10.0 Å². The van der Waals surface area contributed by atoms with E-state index in [-0.39, 0.29) is 0 Å². The van der Waals surface area contributed by atoms with E-state index in [1.807, 2.05) is 43.3 Å². The summed E-state index contributed by atoms with van der Waals surface area (Å²) < 4.78 is 28.0. The minimum absolute atomic E-state index is 0.292. The summed E-state index contributed by atoms with van der Waals surface area (Å²) in [7, 11) is -3.65. The summed E-state index contributed by atoms with van der Waals surface area (Å²) in [4.78, 5) is 4.56. The molecule has 0 fully saturated rings. The lowest BCUT2D eigenvalue weighted by Gasteiger charge is -2.12. The highest BCUT2D eigenvalue weighted by Gasteiger charge is 2.18. The van der Waals surface area contributed by atoms with Gasteiger partial charge in [-0.2, -0.15) is 0 Å². The molecular weight excluding hydrogens is 296 g/mol. The zero-order chi connectivity index (χ0) is 15.7. The number of aromatic nitrogens is 1. The number of hydrogen-bond donors (Lipinski definition) is 1.